The maximum atomic E-state index is 9.85. The first-order valence-corrected chi connectivity index (χ1v) is 5.18. The highest BCUT2D eigenvalue weighted by atomic mass is 28.4. The Balaban J connectivity index is 3.39. The van der Waals surface area contributed by atoms with Gasteiger partial charge in [-0.15, -0.1) is 0 Å². The summed E-state index contributed by atoms with van der Waals surface area (Å²) in [6.45, 7) is 1.29. The van der Waals surface area contributed by atoms with Crippen LogP contribution < -0.4 is 0 Å². The molecule has 0 spiro atoms. The fourth-order valence-corrected chi connectivity index (χ4v) is 1.03. The molecule has 0 aromatic carbocycles. The van der Waals surface area contributed by atoms with Crippen LogP contribution in [0.1, 0.15) is 6.42 Å². The first-order chi connectivity index (χ1) is 3.92. The molecule has 0 amide bonds. The van der Waals surface area contributed by atoms with E-state index in [-0.39, 0.29) is 12.5 Å². The van der Waals surface area contributed by atoms with Crippen LogP contribution in [0.3, 0.4) is 0 Å². The standard InChI is InChI=1S/C4H10O4Si/c1-9(7,8)3-2-4(5)6/h7-8H,2-3H2,1H3,(H,5,6). The molecule has 9 heavy (non-hydrogen) atoms. The normalized spacial score (nSPS) is 11.4. The molecule has 0 aromatic rings. The van der Waals surface area contributed by atoms with E-state index in [1.807, 2.05) is 0 Å². The molecular weight excluding hydrogens is 140 g/mol. The molecule has 5 heteroatoms. The zero-order chi connectivity index (χ0) is 7.49. The minimum absolute atomic E-state index is 0.00231. The number of carbonyl (C=O) groups is 1. The van der Waals surface area contributed by atoms with Crippen molar-refractivity contribution in [3.05, 3.63) is 0 Å². The van der Waals surface area contributed by atoms with Gasteiger partial charge in [-0.25, -0.2) is 0 Å². The molecule has 0 bridgehead atoms. The van der Waals surface area contributed by atoms with Crippen LogP contribution in [-0.4, -0.2) is 29.2 Å². The SMILES string of the molecule is C[Si](O)(O)CCC(=O)O. The molecule has 3 N–H and O–H groups in total. The second-order valence-corrected chi connectivity index (χ2v) is 5.04. The summed E-state index contributed by atoms with van der Waals surface area (Å²) in [7, 11) is -3.10. The van der Waals surface area contributed by atoms with Gasteiger partial charge >= 0.3 is 14.5 Å². The minimum atomic E-state index is -3.10. The topological polar surface area (TPSA) is 77.8 Å². The molecule has 0 fully saturated rings. The summed E-state index contributed by atoms with van der Waals surface area (Å²) >= 11 is 0. The van der Waals surface area contributed by atoms with Gasteiger partial charge in [0, 0.05) is 12.5 Å². The summed E-state index contributed by atoms with van der Waals surface area (Å²) in [4.78, 5) is 27.2. The van der Waals surface area contributed by atoms with Crippen molar-refractivity contribution < 1.29 is 19.5 Å². The molecule has 0 saturated carbocycles. The molecule has 0 heterocycles. The van der Waals surface area contributed by atoms with Gasteiger partial charge in [0.25, 0.3) is 0 Å². The van der Waals surface area contributed by atoms with Gasteiger partial charge in [0.15, 0.2) is 0 Å². The Bertz CT molecular complexity index is 106. The van der Waals surface area contributed by atoms with E-state index in [1.165, 1.54) is 6.55 Å². The van der Waals surface area contributed by atoms with E-state index in [9.17, 15) is 4.79 Å². The second kappa shape index (κ2) is 2.95. The van der Waals surface area contributed by atoms with Crippen LogP contribution in [-0.2, 0) is 4.79 Å². The summed E-state index contributed by atoms with van der Waals surface area (Å²) in [5, 5.41) is 8.08. The number of rotatable bonds is 3. The lowest BCUT2D eigenvalue weighted by Crippen LogP contribution is -2.30. The van der Waals surface area contributed by atoms with E-state index < -0.39 is 14.5 Å². The molecule has 0 radical (unpaired) electrons. The molecular formula is C4H10O4Si. The Morgan fingerprint density at radius 1 is 1.56 bits per heavy atom. The summed E-state index contributed by atoms with van der Waals surface area (Å²) in [6, 6.07) is 0.00231. The Hall–Kier alpha value is -0.393. The molecule has 0 aliphatic carbocycles. The van der Waals surface area contributed by atoms with E-state index in [0.717, 1.165) is 0 Å². The smallest absolute Gasteiger partial charge is 0.330 e. The highest BCUT2D eigenvalue weighted by molar-refractivity contribution is 6.63. The van der Waals surface area contributed by atoms with Crippen molar-refractivity contribution in [2.45, 2.75) is 19.0 Å². The van der Waals surface area contributed by atoms with Crippen molar-refractivity contribution in [1.82, 2.24) is 0 Å². The van der Waals surface area contributed by atoms with Crippen LogP contribution in [0.5, 0.6) is 0 Å². The highest BCUT2D eigenvalue weighted by Crippen LogP contribution is 2.03. The number of aliphatic carboxylic acids is 1. The third-order valence-corrected chi connectivity index (χ3v) is 2.01. The van der Waals surface area contributed by atoms with Crippen LogP contribution in [0.2, 0.25) is 12.6 Å². The molecule has 0 saturated heterocycles. The zero-order valence-electron chi connectivity index (χ0n) is 5.16. The second-order valence-electron chi connectivity index (χ2n) is 2.11. The van der Waals surface area contributed by atoms with Crippen LogP contribution in [0.4, 0.5) is 0 Å². The molecule has 0 rings (SSSR count). The molecule has 54 valence electrons. The largest absolute Gasteiger partial charge is 0.481 e. The summed E-state index contributed by atoms with van der Waals surface area (Å²) in [6.07, 6.45) is -0.157. The zero-order valence-corrected chi connectivity index (χ0v) is 6.16. The van der Waals surface area contributed by atoms with Crippen LogP contribution in [0, 0.1) is 0 Å². The van der Waals surface area contributed by atoms with E-state index in [4.69, 9.17) is 14.7 Å². The molecule has 0 aliphatic heterocycles. The average molecular weight is 150 g/mol. The van der Waals surface area contributed by atoms with Gasteiger partial charge in [-0.1, -0.05) is 0 Å². The van der Waals surface area contributed by atoms with Gasteiger partial charge in [0.1, 0.15) is 0 Å². The van der Waals surface area contributed by atoms with Crippen molar-refractivity contribution in [2.24, 2.45) is 0 Å². The average Bonchev–Trinajstić information content (AvgIpc) is 1.59. The van der Waals surface area contributed by atoms with Gasteiger partial charge in [-0.3, -0.25) is 4.79 Å². The van der Waals surface area contributed by atoms with Crippen LogP contribution in [0.15, 0.2) is 0 Å². The Labute approximate surface area is 54.0 Å². The predicted octanol–water partition coefficient (Wildman–Crippen LogP) is -0.482. The Morgan fingerprint density at radius 3 is 2.11 bits per heavy atom. The van der Waals surface area contributed by atoms with Gasteiger partial charge < -0.3 is 14.7 Å². The summed E-state index contributed by atoms with van der Waals surface area (Å²) < 4.78 is 0. The van der Waals surface area contributed by atoms with E-state index in [1.54, 1.807) is 0 Å². The minimum Gasteiger partial charge on any atom is -0.481 e. The maximum Gasteiger partial charge on any atom is 0.330 e. The van der Waals surface area contributed by atoms with E-state index in [0.29, 0.717) is 0 Å². The lowest BCUT2D eigenvalue weighted by atomic mass is 10.5. The first-order valence-electron chi connectivity index (χ1n) is 2.58. The Morgan fingerprint density at radius 2 is 2.00 bits per heavy atom. The number of hydrogen-bond donors (Lipinski definition) is 3. The van der Waals surface area contributed by atoms with Crippen molar-refractivity contribution in [3.63, 3.8) is 0 Å². The fourth-order valence-electron chi connectivity index (χ4n) is 0.344. The van der Waals surface area contributed by atoms with Crippen LogP contribution in [0.25, 0.3) is 0 Å². The van der Waals surface area contributed by atoms with E-state index in [2.05, 4.69) is 0 Å². The van der Waals surface area contributed by atoms with Crippen LogP contribution >= 0.6 is 0 Å². The molecule has 0 unspecified atom stereocenters. The number of hydrogen-bond acceptors (Lipinski definition) is 3. The van der Waals surface area contributed by atoms with Gasteiger partial charge in [-0.05, 0) is 6.55 Å². The van der Waals surface area contributed by atoms with Gasteiger partial charge in [-0.2, -0.15) is 0 Å². The third-order valence-electron chi connectivity index (χ3n) is 0.812. The molecule has 0 aliphatic rings. The summed E-state index contributed by atoms with van der Waals surface area (Å²) in [5.41, 5.74) is 0. The lowest BCUT2D eigenvalue weighted by Gasteiger charge is -2.08. The Kier molecular flexibility index (Phi) is 2.82. The van der Waals surface area contributed by atoms with Crippen molar-refractivity contribution in [3.8, 4) is 0 Å². The third kappa shape index (κ3) is 7.61. The molecule has 4 nitrogen and oxygen atoms in total. The van der Waals surface area contributed by atoms with Crippen molar-refractivity contribution in [2.75, 3.05) is 0 Å². The highest BCUT2D eigenvalue weighted by Gasteiger charge is 2.21. The molecule has 0 atom stereocenters. The maximum absolute atomic E-state index is 9.85. The number of carboxylic acids is 1. The van der Waals surface area contributed by atoms with Gasteiger partial charge in [0.2, 0.25) is 0 Å². The van der Waals surface area contributed by atoms with Crippen molar-refractivity contribution in [1.29, 1.82) is 0 Å². The quantitative estimate of drug-likeness (QED) is 0.475. The van der Waals surface area contributed by atoms with E-state index >= 15 is 0 Å². The van der Waals surface area contributed by atoms with Crippen molar-refractivity contribution >= 4 is 14.5 Å². The van der Waals surface area contributed by atoms with Gasteiger partial charge in [0.05, 0.1) is 0 Å². The lowest BCUT2D eigenvalue weighted by molar-refractivity contribution is -0.136. The first kappa shape index (κ1) is 8.61. The summed E-state index contributed by atoms with van der Waals surface area (Å²) in [5.74, 6) is -0.989. The monoisotopic (exact) mass is 150 g/mol. The fraction of sp³-hybridized carbons (Fsp3) is 0.750. The predicted molar refractivity (Wildman–Crippen MR) is 33.1 cm³/mol. The number of carboxylic acid groups (broad SMARTS) is 1. The molecule has 0 aromatic heterocycles.